The lowest BCUT2D eigenvalue weighted by Crippen LogP contribution is -2.58. The van der Waals surface area contributed by atoms with Crippen molar-refractivity contribution in [3.63, 3.8) is 0 Å². The molecule has 0 radical (unpaired) electrons. The van der Waals surface area contributed by atoms with Crippen molar-refractivity contribution in [1.82, 2.24) is 10.0 Å². The van der Waals surface area contributed by atoms with Gasteiger partial charge in [0, 0.05) is 12.0 Å². The molecule has 29 heavy (non-hydrogen) atoms. The zero-order valence-electron chi connectivity index (χ0n) is 17.7. The maximum atomic E-state index is 12.7. The molecule has 0 aliphatic heterocycles. The van der Waals surface area contributed by atoms with Gasteiger partial charge in [0.25, 0.3) is 0 Å². The van der Waals surface area contributed by atoms with Crippen molar-refractivity contribution in [2.75, 3.05) is 6.26 Å². The highest BCUT2D eigenvalue weighted by Gasteiger charge is 2.53. The van der Waals surface area contributed by atoms with Crippen molar-refractivity contribution in [3.8, 4) is 0 Å². The van der Waals surface area contributed by atoms with Gasteiger partial charge >= 0.3 is 0 Å². The molecular weight excluding hydrogens is 392 g/mol. The van der Waals surface area contributed by atoms with Gasteiger partial charge < -0.3 is 14.8 Å². The molecule has 2 fully saturated rings. The second-order valence-corrected chi connectivity index (χ2v) is 11.1. The van der Waals surface area contributed by atoms with E-state index in [-0.39, 0.29) is 41.0 Å². The van der Waals surface area contributed by atoms with Gasteiger partial charge in [0.15, 0.2) is 0 Å². The molecule has 3 rings (SSSR count). The van der Waals surface area contributed by atoms with Gasteiger partial charge in [-0.25, -0.2) is 13.1 Å². The van der Waals surface area contributed by atoms with Crippen LogP contribution in [0.25, 0.3) is 0 Å². The predicted molar refractivity (Wildman–Crippen MR) is 110 cm³/mol. The van der Waals surface area contributed by atoms with Gasteiger partial charge in [0.1, 0.15) is 5.76 Å². The molecule has 1 aromatic heterocycles. The highest BCUT2D eigenvalue weighted by molar-refractivity contribution is 7.88. The van der Waals surface area contributed by atoms with Crippen LogP contribution in [0.3, 0.4) is 0 Å². The molecule has 0 spiro atoms. The summed E-state index contributed by atoms with van der Waals surface area (Å²) in [6.45, 7) is 6.43. The van der Waals surface area contributed by atoms with Crippen molar-refractivity contribution < 1.29 is 22.7 Å². The smallest absolute Gasteiger partial charge is 0.223 e. The Labute approximate surface area is 173 Å². The Morgan fingerprint density at radius 1 is 1.38 bits per heavy atom. The molecule has 0 saturated heterocycles. The molecular formula is C21H34N2O5S. The SMILES string of the molecule is C[C@@H]1[C@@H]2[C@@H](O)[C@@H]([C@H](C)C(=O)NCc3ccco3)CC[C@]2(C)CC[C@@H]1NS(C)(=O)=O. The van der Waals surface area contributed by atoms with E-state index < -0.39 is 16.1 Å². The Morgan fingerprint density at radius 3 is 2.69 bits per heavy atom. The molecule has 2 aliphatic carbocycles. The molecule has 3 N–H and O–H groups in total. The number of carbonyl (C=O) groups is 1. The molecule has 2 saturated carbocycles. The monoisotopic (exact) mass is 426 g/mol. The molecule has 0 unspecified atom stereocenters. The summed E-state index contributed by atoms with van der Waals surface area (Å²) >= 11 is 0. The van der Waals surface area contributed by atoms with E-state index in [4.69, 9.17) is 4.42 Å². The van der Waals surface area contributed by atoms with Crippen LogP contribution < -0.4 is 10.0 Å². The predicted octanol–water partition coefficient (Wildman–Crippen LogP) is 2.27. The Bertz CT molecular complexity index is 809. The lowest BCUT2D eigenvalue weighted by Gasteiger charge is -2.56. The number of aliphatic hydroxyl groups is 1. The summed E-state index contributed by atoms with van der Waals surface area (Å²) in [5, 5.41) is 14.2. The number of carbonyl (C=O) groups excluding carboxylic acids is 1. The van der Waals surface area contributed by atoms with E-state index in [1.54, 1.807) is 12.3 Å². The number of hydrogen-bond donors (Lipinski definition) is 3. The summed E-state index contributed by atoms with van der Waals surface area (Å²) in [5.74, 6) is 0.0690. The number of furan rings is 1. The molecule has 2 aliphatic rings. The van der Waals surface area contributed by atoms with Crippen LogP contribution in [0.5, 0.6) is 0 Å². The van der Waals surface area contributed by atoms with Crippen LogP contribution in [0.4, 0.5) is 0 Å². The van der Waals surface area contributed by atoms with Crippen molar-refractivity contribution in [3.05, 3.63) is 24.2 Å². The molecule has 164 valence electrons. The standard InChI is InChI=1S/C21H34N2O5S/c1-13(20(25)22-12-15-6-5-11-28-15)16-7-9-21(3)10-8-17(23-29(4,26)27)14(2)18(21)19(16)24/h5-6,11,13-14,16-19,23-24H,7-10,12H2,1-4H3,(H,22,25)/t13-,14-,16+,17-,18+,19-,21+/m0/s1. The summed E-state index contributed by atoms with van der Waals surface area (Å²) in [6, 6.07) is 3.41. The molecule has 1 amide bonds. The third kappa shape index (κ3) is 4.86. The van der Waals surface area contributed by atoms with Crippen LogP contribution in [-0.2, 0) is 21.4 Å². The van der Waals surface area contributed by atoms with E-state index in [1.807, 2.05) is 19.9 Å². The van der Waals surface area contributed by atoms with Gasteiger partial charge in [-0.2, -0.15) is 0 Å². The number of fused-ring (bicyclic) bond motifs is 1. The Morgan fingerprint density at radius 2 is 2.07 bits per heavy atom. The summed E-state index contributed by atoms with van der Waals surface area (Å²) in [7, 11) is -3.31. The lowest BCUT2D eigenvalue weighted by atomic mass is 9.52. The average molecular weight is 427 g/mol. The number of nitrogens with one attached hydrogen (secondary N) is 2. The van der Waals surface area contributed by atoms with E-state index in [1.165, 1.54) is 6.26 Å². The van der Waals surface area contributed by atoms with E-state index in [0.29, 0.717) is 12.3 Å². The topological polar surface area (TPSA) is 109 Å². The fraction of sp³-hybridized carbons (Fsp3) is 0.762. The summed E-state index contributed by atoms with van der Waals surface area (Å²) in [4.78, 5) is 12.7. The zero-order chi connectivity index (χ0) is 21.4. The second-order valence-electron chi connectivity index (χ2n) is 9.35. The fourth-order valence-electron chi connectivity index (χ4n) is 5.68. The van der Waals surface area contributed by atoms with Gasteiger partial charge in [-0.1, -0.05) is 20.8 Å². The van der Waals surface area contributed by atoms with E-state index in [0.717, 1.165) is 25.7 Å². The van der Waals surface area contributed by atoms with Crippen LogP contribution in [-0.4, -0.2) is 37.8 Å². The Hall–Kier alpha value is -1.38. The molecule has 8 heteroatoms. The van der Waals surface area contributed by atoms with Crippen LogP contribution in [0.15, 0.2) is 22.8 Å². The van der Waals surface area contributed by atoms with Crippen LogP contribution in [0.1, 0.15) is 52.2 Å². The first-order chi connectivity index (χ1) is 13.5. The zero-order valence-corrected chi connectivity index (χ0v) is 18.5. The van der Waals surface area contributed by atoms with E-state index in [9.17, 15) is 18.3 Å². The largest absolute Gasteiger partial charge is 0.467 e. The first kappa shape index (κ1) is 22.3. The minimum atomic E-state index is -3.31. The van der Waals surface area contributed by atoms with Gasteiger partial charge in [-0.15, -0.1) is 0 Å². The number of aliphatic hydroxyl groups excluding tert-OH is 1. The molecule has 1 heterocycles. The quantitative estimate of drug-likeness (QED) is 0.647. The molecule has 0 aromatic carbocycles. The second kappa shape index (κ2) is 8.40. The molecule has 7 atom stereocenters. The molecule has 0 bridgehead atoms. The van der Waals surface area contributed by atoms with Gasteiger partial charge in [0.2, 0.25) is 15.9 Å². The summed E-state index contributed by atoms with van der Waals surface area (Å²) in [5.41, 5.74) is -0.0324. The van der Waals surface area contributed by atoms with Crippen molar-refractivity contribution >= 4 is 15.9 Å². The van der Waals surface area contributed by atoms with E-state index >= 15 is 0 Å². The Kier molecular flexibility index (Phi) is 6.46. The molecule has 7 nitrogen and oxygen atoms in total. The van der Waals surface area contributed by atoms with Crippen molar-refractivity contribution in [1.29, 1.82) is 0 Å². The van der Waals surface area contributed by atoms with Gasteiger partial charge in [-0.3, -0.25) is 4.79 Å². The number of hydrogen-bond acceptors (Lipinski definition) is 5. The fourth-order valence-corrected chi connectivity index (χ4v) is 6.56. The van der Waals surface area contributed by atoms with Gasteiger partial charge in [0.05, 0.1) is 25.2 Å². The summed E-state index contributed by atoms with van der Waals surface area (Å²) < 4.78 is 31.5. The van der Waals surface area contributed by atoms with Crippen molar-refractivity contribution in [2.24, 2.45) is 29.1 Å². The highest BCUT2D eigenvalue weighted by atomic mass is 32.2. The third-order valence-electron chi connectivity index (χ3n) is 7.33. The molecule has 1 aromatic rings. The maximum Gasteiger partial charge on any atom is 0.223 e. The maximum absolute atomic E-state index is 12.7. The minimum absolute atomic E-state index is 0.000319. The first-order valence-electron chi connectivity index (χ1n) is 10.5. The number of amides is 1. The summed E-state index contributed by atoms with van der Waals surface area (Å²) in [6.07, 6.45) is 5.49. The lowest BCUT2D eigenvalue weighted by molar-refractivity contribution is -0.141. The number of rotatable bonds is 6. The Balaban J connectivity index is 1.70. The van der Waals surface area contributed by atoms with Crippen LogP contribution >= 0.6 is 0 Å². The number of sulfonamides is 1. The van der Waals surface area contributed by atoms with Crippen LogP contribution in [0.2, 0.25) is 0 Å². The first-order valence-corrected chi connectivity index (χ1v) is 12.4. The van der Waals surface area contributed by atoms with E-state index in [2.05, 4.69) is 17.0 Å². The third-order valence-corrected chi connectivity index (χ3v) is 8.06. The van der Waals surface area contributed by atoms with Gasteiger partial charge in [-0.05, 0) is 61.0 Å². The van der Waals surface area contributed by atoms with Crippen LogP contribution in [0, 0.1) is 29.1 Å². The minimum Gasteiger partial charge on any atom is -0.467 e. The normalized spacial score (nSPS) is 36.2. The average Bonchev–Trinajstić information content (AvgIpc) is 3.14. The highest BCUT2D eigenvalue weighted by Crippen LogP contribution is 2.55. The van der Waals surface area contributed by atoms with Crippen molar-refractivity contribution in [2.45, 2.75) is 65.1 Å².